The standard InChI is InChI=1S/C45H36Br2N4O6/c1-57-35-23-33(39(46)40(47)41(35)52)36-30-20-21-31-37(44(55)50(42(31)53)28-16-12-26(13-17-28)48-24-8-4-2-5-9-24)32(30)22-34-38(36)45(56)51(43(34)54)29-18-14-27(15-19-29)49-25-10-6-3-7-11-25/h2-20,23,31-32,34,36-38,48-49,52H,21-22H2,1H3/t31-,32+,34+,36+,37-,38+/m0/s1. The molecule has 4 aliphatic rings. The number of phenolic OH excluding ortho intramolecular Hbond substituents is 1. The number of hydrogen-bond donors (Lipinski definition) is 3. The second kappa shape index (κ2) is 14.7. The number of amides is 4. The van der Waals surface area contributed by atoms with Crippen molar-refractivity contribution < 1.29 is 29.0 Å². The number of carbonyl (C=O) groups excluding carboxylic acids is 4. The number of phenols is 1. The van der Waals surface area contributed by atoms with Crippen LogP contribution in [0.15, 0.2) is 136 Å². The lowest BCUT2D eigenvalue weighted by Crippen LogP contribution is -2.43. The minimum Gasteiger partial charge on any atom is -0.503 e. The number of ether oxygens (including phenoxy) is 1. The number of benzene rings is 5. The molecule has 2 aliphatic carbocycles. The molecule has 0 spiro atoms. The number of halogens is 2. The Kier molecular flexibility index (Phi) is 9.48. The Labute approximate surface area is 345 Å². The number of fused-ring (bicyclic) bond motifs is 4. The molecule has 9 rings (SSSR count). The van der Waals surface area contributed by atoms with Crippen LogP contribution in [0.2, 0.25) is 0 Å². The van der Waals surface area contributed by atoms with Crippen LogP contribution in [0.3, 0.4) is 0 Å². The van der Waals surface area contributed by atoms with E-state index in [0.29, 0.717) is 32.3 Å². The van der Waals surface area contributed by atoms with Gasteiger partial charge in [0.25, 0.3) is 0 Å². The van der Waals surface area contributed by atoms with Crippen molar-refractivity contribution in [3.63, 3.8) is 0 Å². The maximum Gasteiger partial charge on any atom is 0.238 e. The summed E-state index contributed by atoms with van der Waals surface area (Å²) in [5, 5.41) is 17.6. The second-order valence-corrected chi connectivity index (χ2v) is 16.4. The summed E-state index contributed by atoms with van der Waals surface area (Å²) in [6, 6.07) is 35.5. The predicted octanol–water partition coefficient (Wildman–Crippen LogP) is 9.46. The molecule has 5 aromatic carbocycles. The molecule has 57 heavy (non-hydrogen) atoms. The smallest absolute Gasteiger partial charge is 0.238 e. The van der Waals surface area contributed by atoms with Crippen LogP contribution >= 0.6 is 31.9 Å². The van der Waals surface area contributed by atoms with Crippen LogP contribution in [0.4, 0.5) is 34.1 Å². The quantitative estimate of drug-likeness (QED) is 0.104. The minimum absolute atomic E-state index is 0.119. The molecule has 10 nitrogen and oxygen atoms in total. The molecule has 0 unspecified atom stereocenters. The Morgan fingerprint density at radius 2 is 1.11 bits per heavy atom. The van der Waals surface area contributed by atoms with Crippen molar-refractivity contribution in [2.24, 2.45) is 29.6 Å². The van der Waals surface area contributed by atoms with Crippen LogP contribution in [-0.4, -0.2) is 35.8 Å². The number of para-hydroxylation sites is 2. The molecular weight excluding hydrogens is 852 g/mol. The van der Waals surface area contributed by atoms with Gasteiger partial charge in [-0.15, -0.1) is 0 Å². The van der Waals surface area contributed by atoms with E-state index in [1.165, 1.54) is 16.9 Å². The predicted molar refractivity (Wildman–Crippen MR) is 225 cm³/mol. The molecule has 2 heterocycles. The van der Waals surface area contributed by atoms with Crippen LogP contribution in [0.5, 0.6) is 11.5 Å². The molecule has 286 valence electrons. The summed E-state index contributed by atoms with van der Waals surface area (Å²) in [7, 11) is 1.44. The number of carbonyl (C=O) groups is 4. The summed E-state index contributed by atoms with van der Waals surface area (Å²) < 4.78 is 6.40. The van der Waals surface area contributed by atoms with Gasteiger partial charge >= 0.3 is 0 Å². The van der Waals surface area contributed by atoms with Crippen LogP contribution in [0.1, 0.15) is 24.3 Å². The van der Waals surface area contributed by atoms with Gasteiger partial charge in [0.1, 0.15) is 0 Å². The van der Waals surface area contributed by atoms with Gasteiger partial charge in [0.2, 0.25) is 23.6 Å². The molecule has 4 amide bonds. The Morgan fingerprint density at radius 3 is 1.63 bits per heavy atom. The molecule has 0 aromatic heterocycles. The molecule has 3 N–H and O–H groups in total. The van der Waals surface area contributed by atoms with Gasteiger partial charge in [0, 0.05) is 33.1 Å². The monoisotopic (exact) mass is 886 g/mol. The van der Waals surface area contributed by atoms with Crippen LogP contribution in [0.25, 0.3) is 0 Å². The van der Waals surface area contributed by atoms with Gasteiger partial charge in [-0.1, -0.05) is 48.0 Å². The lowest BCUT2D eigenvalue weighted by atomic mass is 9.57. The number of nitrogens with zero attached hydrogens (tertiary/aromatic N) is 2. The summed E-state index contributed by atoms with van der Waals surface area (Å²) in [6.07, 6.45) is 2.52. The molecule has 6 atom stereocenters. The molecule has 1 saturated carbocycles. The molecule has 12 heteroatoms. The highest BCUT2D eigenvalue weighted by molar-refractivity contribution is 9.13. The highest BCUT2D eigenvalue weighted by atomic mass is 79.9. The number of allylic oxidation sites excluding steroid dienone is 2. The molecule has 3 fully saturated rings. The lowest BCUT2D eigenvalue weighted by molar-refractivity contribution is -0.126. The molecule has 0 radical (unpaired) electrons. The Balaban J connectivity index is 1.07. The van der Waals surface area contributed by atoms with Crippen molar-refractivity contribution >= 4 is 89.6 Å². The van der Waals surface area contributed by atoms with Gasteiger partial charge in [-0.3, -0.25) is 29.0 Å². The minimum atomic E-state index is -0.816. The SMILES string of the molecule is COc1cc([C@H]2C3=CC[C@@H]4C(=O)N(c5ccc(Nc6ccccc6)cc5)C(=O)[C@@H]4[C@@H]3C[C@H]3C(=O)N(c4ccc(Nc5ccccc5)cc4)C(=O)[C@@H]23)c(Br)c(Br)c1O. The highest BCUT2D eigenvalue weighted by Crippen LogP contribution is 2.60. The maximum absolute atomic E-state index is 14.7. The fourth-order valence-corrected chi connectivity index (χ4v) is 10.2. The second-order valence-electron chi connectivity index (χ2n) is 14.8. The van der Waals surface area contributed by atoms with Crippen LogP contribution in [0, 0.1) is 29.6 Å². The molecule has 2 aliphatic heterocycles. The number of hydrogen-bond acceptors (Lipinski definition) is 8. The Hall–Kier alpha value is -5.72. The third kappa shape index (κ3) is 6.22. The van der Waals surface area contributed by atoms with Gasteiger partial charge in [-0.25, -0.2) is 0 Å². The number of rotatable bonds is 8. The lowest BCUT2D eigenvalue weighted by Gasteiger charge is -2.44. The Morgan fingerprint density at radius 1 is 0.614 bits per heavy atom. The first kappa shape index (κ1) is 36.9. The van der Waals surface area contributed by atoms with Crippen LogP contribution in [-0.2, 0) is 19.2 Å². The van der Waals surface area contributed by atoms with E-state index in [0.717, 1.165) is 28.3 Å². The van der Waals surface area contributed by atoms with Crippen molar-refractivity contribution in [2.75, 3.05) is 27.5 Å². The zero-order valence-electron chi connectivity index (χ0n) is 30.6. The number of anilines is 6. The van der Waals surface area contributed by atoms with Crippen LogP contribution < -0.4 is 25.2 Å². The van der Waals surface area contributed by atoms with Gasteiger partial charge < -0.3 is 20.5 Å². The summed E-state index contributed by atoms with van der Waals surface area (Å²) >= 11 is 7.18. The molecule has 0 bridgehead atoms. The number of methoxy groups -OCH3 is 1. The van der Waals surface area contributed by atoms with Crippen molar-refractivity contribution in [1.29, 1.82) is 0 Å². The normalized spacial score (nSPS) is 23.8. The number of nitrogens with one attached hydrogen (secondary N) is 2. The first-order valence-electron chi connectivity index (χ1n) is 18.7. The summed E-state index contributed by atoms with van der Waals surface area (Å²) in [6.45, 7) is 0. The third-order valence-corrected chi connectivity index (χ3v) is 13.9. The fraction of sp³-hybridized carbons (Fsp3) is 0.200. The zero-order valence-corrected chi connectivity index (χ0v) is 33.7. The average molecular weight is 889 g/mol. The molecule has 2 saturated heterocycles. The van der Waals surface area contributed by atoms with Gasteiger partial charge in [0.15, 0.2) is 11.5 Å². The fourth-order valence-electron chi connectivity index (χ4n) is 9.20. The first-order valence-corrected chi connectivity index (χ1v) is 20.3. The highest BCUT2D eigenvalue weighted by Gasteiger charge is 2.62. The van der Waals surface area contributed by atoms with Crippen molar-refractivity contribution in [3.8, 4) is 11.5 Å². The maximum atomic E-state index is 14.7. The molecule has 5 aromatic rings. The van der Waals surface area contributed by atoms with E-state index in [9.17, 15) is 24.3 Å². The van der Waals surface area contributed by atoms with E-state index in [4.69, 9.17) is 4.74 Å². The van der Waals surface area contributed by atoms with Gasteiger partial charge in [-0.2, -0.15) is 0 Å². The first-order chi connectivity index (χ1) is 27.6. The zero-order chi connectivity index (χ0) is 39.5. The van der Waals surface area contributed by atoms with Crippen molar-refractivity contribution in [3.05, 3.63) is 141 Å². The molecular formula is C45H36Br2N4O6. The average Bonchev–Trinajstić information content (AvgIpc) is 3.64. The van der Waals surface area contributed by atoms with Crippen molar-refractivity contribution in [2.45, 2.75) is 18.8 Å². The van der Waals surface area contributed by atoms with E-state index >= 15 is 0 Å². The Bertz CT molecular complexity index is 2460. The summed E-state index contributed by atoms with van der Waals surface area (Å²) in [5.41, 5.74) is 5.79. The van der Waals surface area contributed by atoms with E-state index in [2.05, 4.69) is 42.5 Å². The summed E-state index contributed by atoms with van der Waals surface area (Å²) in [4.78, 5) is 60.7. The van der Waals surface area contributed by atoms with E-state index < -0.39 is 35.5 Å². The topological polar surface area (TPSA) is 128 Å². The van der Waals surface area contributed by atoms with E-state index in [1.807, 2.05) is 91.0 Å². The van der Waals surface area contributed by atoms with Gasteiger partial charge in [0.05, 0.1) is 46.6 Å². The largest absolute Gasteiger partial charge is 0.503 e. The van der Waals surface area contributed by atoms with E-state index in [1.54, 1.807) is 30.3 Å². The van der Waals surface area contributed by atoms with E-state index in [-0.39, 0.29) is 41.5 Å². The van der Waals surface area contributed by atoms with Crippen molar-refractivity contribution in [1.82, 2.24) is 0 Å². The summed E-state index contributed by atoms with van der Waals surface area (Å²) in [5.74, 6) is -5.36. The number of imide groups is 2. The number of aromatic hydroxyl groups is 1. The van der Waals surface area contributed by atoms with Gasteiger partial charge in [-0.05, 0) is 135 Å². The third-order valence-electron chi connectivity index (χ3n) is 11.8.